The van der Waals surface area contributed by atoms with Crippen LogP contribution in [0.5, 0.6) is 0 Å². The average Bonchev–Trinajstić information content (AvgIpc) is 3.01. The highest BCUT2D eigenvalue weighted by atomic mass is 79.9. The maximum atomic E-state index is 14.2. The lowest BCUT2D eigenvalue weighted by Crippen LogP contribution is -2.29. The van der Waals surface area contributed by atoms with E-state index >= 15 is 0 Å². The van der Waals surface area contributed by atoms with Gasteiger partial charge in [0, 0.05) is 42.9 Å². The standard InChI is InChI=1S/C20H18BrF2N3O/c1-25(10-9-13-3-5-14(21)6-4-13)20(27)17-12-26(2)24-19(17)16-8-7-15(22)11-18(16)23/h3-8,11-12H,9-10H2,1-2H3. The molecule has 2 aromatic carbocycles. The van der Waals surface area contributed by atoms with Crippen molar-refractivity contribution in [3.63, 3.8) is 0 Å². The molecule has 27 heavy (non-hydrogen) atoms. The third kappa shape index (κ3) is 4.42. The molecule has 0 fully saturated rings. The summed E-state index contributed by atoms with van der Waals surface area (Å²) in [5, 5.41) is 4.20. The second-order valence-corrected chi connectivity index (χ2v) is 7.21. The van der Waals surface area contributed by atoms with Gasteiger partial charge in [0.05, 0.1) is 5.56 Å². The fraction of sp³-hybridized carbons (Fsp3) is 0.200. The van der Waals surface area contributed by atoms with Gasteiger partial charge in [-0.15, -0.1) is 0 Å². The molecule has 0 spiro atoms. The van der Waals surface area contributed by atoms with Gasteiger partial charge in [0.2, 0.25) is 0 Å². The number of benzene rings is 2. The molecule has 0 bridgehead atoms. The number of aryl methyl sites for hydroxylation is 1. The maximum absolute atomic E-state index is 14.2. The summed E-state index contributed by atoms with van der Waals surface area (Å²) in [6.45, 7) is 0.501. The molecule has 1 aromatic heterocycles. The number of nitrogens with zero attached hydrogens (tertiary/aromatic N) is 3. The smallest absolute Gasteiger partial charge is 0.257 e. The third-order valence-electron chi connectivity index (χ3n) is 4.24. The van der Waals surface area contributed by atoms with Crippen LogP contribution in [-0.2, 0) is 13.5 Å². The molecule has 0 N–H and O–H groups in total. The van der Waals surface area contributed by atoms with Gasteiger partial charge in [-0.3, -0.25) is 9.48 Å². The fourth-order valence-electron chi connectivity index (χ4n) is 2.78. The van der Waals surface area contributed by atoms with E-state index in [0.29, 0.717) is 13.0 Å². The van der Waals surface area contributed by atoms with Crippen molar-refractivity contribution in [3.8, 4) is 11.3 Å². The van der Waals surface area contributed by atoms with Gasteiger partial charge in [0.15, 0.2) is 0 Å². The Balaban J connectivity index is 1.81. The largest absolute Gasteiger partial charge is 0.341 e. The van der Waals surface area contributed by atoms with E-state index in [-0.39, 0.29) is 22.7 Å². The van der Waals surface area contributed by atoms with Crippen LogP contribution in [0, 0.1) is 11.6 Å². The first-order valence-corrected chi connectivity index (χ1v) is 9.13. The van der Waals surface area contributed by atoms with Gasteiger partial charge in [0.25, 0.3) is 5.91 Å². The predicted molar refractivity (Wildman–Crippen MR) is 103 cm³/mol. The summed E-state index contributed by atoms with van der Waals surface area (Å²) in [6.07, 6.45) is 2.24. The molecule has 3 aromatic rings. The Hall–Kier alpha value is -2.54. The minimum absolute atomic E-state index is 0.0988. The van der Waals surface area contributed by atoms with E-state index in [9.17, 15) is 13.6 Å². The molecule has 0 saturated heterocycles. The van der Waals surface area contributed by atoms with Crippen LogP contribution in [0.15, 0.2) is 53.1 Å². The predicted octanol–water partition coefficient (Wildman–Crippen LogP) is 4.44. The van der Waals surface area contributed by atoms with Crippen LogP contribution in [-0.4, -0.2) is 34.2 Å². The molecule has 1 amide bonds. The van der Waals surface area contributed by atoms with Crippen molar-refractivity contribution in [1.29, 1.82) is 0 Å². The molecule has 0 aliphatic heterocycles. The Labute approximate surface area is 164 Å². The Morgan fingerprint density at radius 1 is 1.19 bits per heavy atom. The monoisotopic (exact) mass is 433 g/mol. The molecule has 0 atom stereocenters. The molecular formula is C20H18BrF2N3O. The molecule has 140 valence electrons. The highest BCUT2D eigenvalue weighted by molar-refractivity contribution is 9.10. The zero-order valence-corrected chi connectivity index (χ0v) is 16.5. The summed E-state index contributed by atoms with van der Waals surface area (Å²) < 4.78 is 29.8. The number of carbonyl (C=O) groups is 1. The van der Waals surface area contributed by atoms with Crippen molar-refractivity contribution >= 4 is 21.8 Å². The molecule has 0 radical (unpaired) electrons. The van der Waals surface area contributed by atoms with Gasteiger partial charge >= 0.3 is 0 Å². The zero-order valence-electron chi connectivity index (χ0n) is 14.9. The second-order valence-electron chi connectivity index (χ2n) is 6.29. The van der Waals surface area contributed by atoms with Crippen molar-refractivity contribution in [2.24, 2.45) is 7.05 Å². The van der Waals surface area contributed by atoms with E-state index in [0.717, 1.165) is 22.2 Å². The minimum atomic E-state index is -0.750. The van der Waals surface area contributed by atoms with Crippen LogP contribution in [0.2, 0.25) is 0 Å². The fourth-order valence-corrected chi connectivity index (χ4v) is 3.04. The molecule has 0 aliphatic rings. The Bertz CT molecular complexity index is 970. The lowest BCUT2D eigenvalue weighted by molar-refractivity contribution is 0.0797. The summed E-state index contributed by atoms with van der Waals surface area (Å²) in [6, 6.07) is 11.1. The Kier molecular flexibility index (Phi) is 5.70. The van der Waals surface area contributed by atoms with Crippen LogP contribution in [0.3, 0.4) is 0 Å². The Morgan fingerprint density at radius 2 is 1.89 bits per heavy atom. The lowest BCUT2D eigenvalue weighted by Gasteiger charge is -2.17. The number of amides is 1. The van der Waals surface area contributed by atoms with Crippen LogP contribution in [0.1, 0.15) is 15.9 Å². The highest BCUT2D eigenvalue weighted by Gasteiger charge is 2.22. The minimum Gasteiger partial charge on any atom is -0.341 e. The van der Waals surface area contributed by atoms with Gasteiger partial charge in [-0.25, -0.2) is 8.78 Å². The van der Waals surface area contributed by atoms with E-state index < -0.39 is 11.6 Å². The second kappa shape index (κ2) is 8.00. The molecule has 7 heteroatoms. The van der Waals surface area contributed by atoms with Crippen molar-refractivity contribution in [2.75, 3.05) is 13.6 Å². The van der Waals surface area contributed by atoms with Gasteiger partial charge in [-0.2, -0.15) is 5.10 Å². The van der Waals surface area contributed by atoms with E-state index in [2.05, 4.69) is 21.0 Å². The third-order valence-corrected chi connectivity index (χ3v) is 4.77. The van der Waals surface area contributed by atoms with E-state index in [1.165, 1.54) is 10.7 Å². The number of halogens is 3. The maximum Gasteiger partial charge on any atom is 0.257 e. The van der Waals surface area contributed by atoms with Crippen molar-refractivity contribution in [2.45, 2.75) is 6.42 Å². The number of likely N-dealkylation sites (N-methyl/N-ethyl adjacent to an activating group) is 1. The van der Waals surface area contributed by atoms with Crippen LogP contribution >= 0.6 is 15.9 Å². The Morgan fingerprint density at radius 3 is 2.56 bits per heavy atom. The van der Waals surface area contributed by atoms with Gasteiger partial charge in [-0.05, 0) is 36.2 Å². The first-order chi connectivity index (χ1) is 12.8. The van der Waals surface area contributed by atoms with Crippen LogP contribution in [0.25, 0.3) is 11.3 Å². The number of carbonyl (C=O) groups excluding carboxylic acids is 1. The zero-order chi connectivity index (χ0) is 19.6. The van der Waals surface area contributed by atoms with Crippen LogP contribution < -0.4 is 0 Å². The molecule has 3 rings (SSSR count). The van der Waals surface area contributed by atoms with E-state index in [4.69, 9.17) is 0 Å². The number of hydrogen-bond donors (Lipinski definition) is 0. The SMILES string of the molecule is CN(CCc1ccc(Br)cc1)C(=O)c1cn(C)nc1-c1ccc(F)cc1F. The quantitative estimate of drug-likeness (QED) is 0.596. The summed E-state index contributed by atoms with van der Waals surface area (Å²) in [4.78, 5) is 14.4. The first-order valence-electron chi connectivity index (χ1n) is 8.34. The lowest BCUT2D eigenvalue weighted by atomic mass is 10.1. The van der Waals surface area contributed by atoms with Crippen molar-refractivity contribution in [1.82, 2.24) is 14.7 Å². The molecule has 0 unspecified atom stereocenters. The van der Waals surface area contributed by atoms with E-state index in [1.54, 1.807) is 25.2 Å². The van der Waals surface area contributed by atoms with Gasteiger partial charge in [0.1, 0.15) is 17.3 Å². The normalized spacial score (nSPS) is 10.9. The number of hydrogen-bond acceptors (Lipinski definition) is 2. The summed E-state index contributed by atoms with van der Waals surface area (Å²) in [7, 11) is 3.35. The molecule has 0 saturated carbocycles. The first kappa shape index (κ1) is 19.2. The summed E-state index contributed by atoms with van der Waals surface area (Å²) in [5.41, 5.74) is 1.69. The highest BCUT2D eigenvalue weighted by Crippen LogP contribution is 2.26. The summed E-state index contributed by atoms with van der Waals surface area (Å²) in [5.74, 6) is -1.69. The van der Waals surface area contributed by atoms with E-state index in [1.807, 2.05) is 24.3 Å². The van der Waals surface area contributed by atoms with Crippen LogP contribution in [0.4, 0.5) is 8.78 Å². The molecule has 1 heterocycles. The molecule has 4 nitrogen and oxygen atoms in total. The van der Waals surface area contributed by atoms with Gasteiger partial charge < -0.3 is 4.90 Å². The van der Waals surface area contributed by atoms with Gasteiger partial charge in [-0.1, -0.05) is 28.1 Å². The van der Waals surface area contributed by atoms with Crippen molar-refractivity contribution in [3.05, 3.63) is 75.9 Å². The average molecular weight is 434 g/mol. The number of aromatic nitrogens is 2. The molecular weight excluding hydrogens is 416 g/mol. The molecule has 0 aliphatic carbocycles. The van der Waals surface area contributed by atoms with Crippen molar-refractivity contribution < 1.29 is 13.6 Å². The summed E-state index contributed by atoms with van der Waals surface area (Å²) >= 11 is 3.39. The number of rotatable bonds is 5. The topological polar surface area (TPSA) is 38.1 Å².